The maximum atomic E-state index is 11.5. The Balaban J connectivity index is 3.04. The summed E-state index contributed by atoms with van der Waals surface area (Å²) < 4.78 is 21.3. The van der Waals surface area contributed by atoms with E-state index >= 15 is 0 Å². The molecule has 0 aromatic rings. The average molecular weight is 347 g/mol. The van der Waals surface area contributed by atoms with Crippen molar-refractivity contribution in [2.75, 3.05) is 6.61 Å². The molecule has 2 N–H and O–H groups in total. The van der Waals surface area contributed by atoms with Crippen LogP contribution in [-0.2, 0) is 33.3 Å². The highest BCUT2D eigenvalue weighted by Gasteiger charge is 2.48. The molecule has 0 aromatic heterocycles. The van der Waals surface area contributed by atoms with E-state index in [2.05, 4.69) is 5.32 Å². The molecule has 0 radical (unpaired) electrons. The number of nitrogens with one attached hydrogen (secondary N) is 1. The number of carbonyl (C=O) groups is 3. The van der Waals surface area contributed by atoms with Gasteiger partial charge in [0.2, 0.25) is 5.91 Å². The molecule has 1 rings (SSSR count). The quantitative estimate of drug-likeness (QED) is 0.617. The van der Waals surface area contributed by atoms with Gasteiger partial charge in [-0.1, -0.05) is 0 Å². The fourth-order valence-electron chi connectivity index (χ4n) is 2.36. The van der Waals surface area contributed by atoms with E-state index in [-0.39, 0.29) is 12.7 Å². The molecule has 0 aromatic carbocycles. The first-order valence-electron chi connectivity index (χ1n) is 7.68. The number of carbonyl (C=O) groups excluding carboxylic acids is 3. The van der Waals surface area contributed by atoms with Gasteiger partial charge in [0.15, 0.2) is 12.4 Å². The fraction of sp³-hybridized carbons (Fsp3) is 0.800. The van der Waals surface area contributed by atoms with Crippen LogP contribution in [0, 0.1) is 0 Å². The normalized spacial score (nSPS) is 29.9. The number of amides is 1. The molecule has 0 bridgehead atoms. The molecule has 9 heteroatoms. The highest BCUT2D eigenvalue weighted by atomic mass is 16.7. The minimum atomic E-state index is -1.31. The molecule has 1 saturated heterocycles. The van der Waals surface area contributed by atoms with Gasteiger partial charge in [-0.3, -0.25) is 14.4 Å². The molecule has 9 nitrogen and oxygen atoms in total. The van der Waals surface area contributed by atoms with Gasteiger partial charge >= 0.3 is 11.9 Å². The Bertz CT molecular complexity index is 466. The Morgan fingerprint density at radius 2 is 1.79 bits per heavy atom. The van der Waals surface area contributed by atoms with Gasteiger partial charge in [-0.15, -0.1) is 0 Å². The van der Waals surface area contributed by atoms with Gasteiger partial charge in [-0.2, -0.15) is 0 Å². The van der Waals surface area contributed by atoms with Gasteiger partial charge in [0, 0.05) is 20.8 Å². The Kier molecular flexibility index (Phi) is 7.59. The van der Waals surface area contributed by atoms with Crippen LogP contribution in [-0.4, -0.2) is 66.3 Å². The molecular formula is C15H25NO8. The summed E-state index contributed by atoms with van der Waals surface area (Å²) in [5.74, 6) is -1.57. The molecule has 1 aliphatic heterocycles. The highest BCUT2D eigenvalue weighted by Crippen LogP contribution is 2.26. The molecule has 1 heterocycles. The molecule has 5 atom stereocenters. The average Bonchev–Trinajstić information content (AvgIpc) is 2.42. The lowest BCUT2D eigenvalue weighted by Crippen LogP contribution is -2.66. The van der Waals surface area contributed by atoms with Gasteiger partial charge < -0.3 is 29.4 Å². The highest BCUT2D eigenvalue weighted by molar-refractivity contribution is 5.73. The van der Waals surface area contributed by atoms with Gasteiger partial charge in [0.25, 0.3) is 0 Å². The second-order valence-corrected chi connectivity index (χ2v) is 5.82. The number of esters is 2. The maximum absolute atomic E-state index is 11.5. The van der Waals surface area contributed by atoms with E-state index in [0.717, 1.165) is 0 Å². The van der Waals surface area contributed by atoms with Crippen LogP contribution in [0.4, 0.5) is 0 Å². The van der Waals surface area contributed by atoms with Crippen molar-refractivity contribution < 1.29 is 38.4 Å². The summed E-state index contributed by atoms with van der Waals surface area (Å²) >= 11 is 0. The number of aliphatic hydroxyl groups excluding tert-OH is 1. The van der Waals surface area contributed by atoms with Crippen molar-refractivity contribution in [3.63, 3.8) is 0 Å². The molecule has 24 heavy (non-hydrogen) atoms. The molecule has 1 aliphatic rings. The summed E-state index contributed by atoms with van der Waals surface area (Å²) in [7, 11) is 0. The van der Waals surface area contributed by atoms with Gasteiger partial charge in [-0.05, 0) is 13.8 Å². The lowest BCUT2D eigenvalue weighted by atomic mass is 9.96. The molecule has 138 valence electrons. The first kappa shape index (κ1) is 20.3. The third-order valence-corrected chi connectivity index (χ3v) is 3.20. The lowest BCUT2D eigenvalue weighted by Gasteiger charge is -2.44. The number of ether oxygens (including phenoxy) is 4. The van der Waals surface area contributed by atoms with Gasteiger partial charge in [-0.25, -0.2) is 0 Å². The predicted octanol–water partition coefficient (Wildman–Crippen LogP) is -0.503. The van der Waals surface area contributed by atoms with Gasteiger partial charge in [0.05, 0.1) is 6.10 Å². The number of rotatable bonds is 6. The first-order chi connectivity index (χ1) is 11.1. The fourth-order valence-corrected chi connectivity index (χ4v) is 2.36. The van der Waals surface area contributed by atoms with Crippen LogP contribution >= 0.6 is 0 Å². The number of hydrogen-bond donors (Lipinski definition) is 2. The Labute approximate surface area is 140 Å². The van der Waals surface area contributed by atoms with E-state index in [1.807, 2.05) is 0 Å². The molecule has 3 unspecified atom stereocenters. The zero-order valence-electron chi connectivity index (χ0n) is 14.5. The second-order valence-electron chi connectivity index (χ2n) is 5.82. The van der Waals surface area contributed by atoms with E-state index in [9.17, 15) is 19.5 Å². The Morgan fingerprint density at radius 1 is 1.17 bits per heavy atom. The van der Waals surface area contributed by atoms with Crippen LogP contribution in [0.5, 0.6) is 0 Å². The molecule has 1 fully saturated rings. The third-order valence-electron chi connectivity index (χ3n) is 3.20. The molecular weight excluding hydrogens is 322 g/mol. The lowest BCUT2D eigenvalue weighted by molar-refractivity contribution is -0.282. The van der Waals surface area contributed by atoms with Crippen LogP contribution in [0.1, 0.15) is 34.6 Å². The minimum Gasteiger partial charge on any atom is -0.463 e. The third kappa shape index (κ3) is 6.06. The Hall–Kier alpha value is -1.71. The van der Waals surface area contributed by atoms with E-state index < -0.39 is 48.5 Å². The van der Waals surface area contributed by atoms with Crippen LogP contribution in [0.2, 0.25) is 0 Å². The van der Waals surface area contributed by atoms with E-state index in [4.69, 9.17) is 18.9 Å². The standard InChI is InChI=1S/C15H25NO8/c1-7(2)22-15-12(16-8(3)17)14(23-10(5)19)13(20)11(24-15)6-21-9(4)18/h7,11-15,20H,6H2,1-5H3,(H,16,17)/t11?,12?,13-,14?,15-/m1/s1. The second kappa shape index (κ2) is 8.95. The largest absolute Gasteiger partial charge is 0.463 e. The summed E-state index contributed by atoms with van der Waals surface area (Å²) in [6, 6.07) is -0.905. The topological polar surface area (TPSA) is 120 Å². The first-order valence-corrected chi connectivity index (χ1v) is 7.68. The smallest absolute Gasteiger partial charge is 0.303 e. The van der Waals surface area contributed by atoms with Crippen LogP contribution < -0.4 is 5.32 Å². The van der Waals surface area contributed by atoms with Crippen LogP contribution in [0.15, 0.2) is 0 Å². The monoisotopic (exact) mass is 347 g/mol. The van der Waals surface area contributed by atoms with Crippen molar-refractivity contribution in [3.05, 3.63) is 0 Å². The van der Waals surface area contributed by atoms with Crippen molar-refractivity contribution in [1.29, 1.82) is 0 Å². The van der Waals surface area contributed by atoms with Crippen LogP contribution in [0.25, 0.3) is 0 Å². The summed E-state index contributed by atoms with van der Waals surface area (Å²) in [5.41, 5.74) is 0. The van der Waals surface area contributed by atoms with Crippen molar-refractivity contribution in [1.82, 2.24) is 5.32 Å². The van der Waals surface area contributed by atoms with Crippen molar-refractivity contribution in [2.45, 2.75) is 71.4 Å². The number of hydrogen-bond acceptors (Lipinski definition) is 8. The Morgan fingerprint density at radius 3 is 2.25 bits per heavy atom. The van der Waals surface area contributed by atoms with Crippen LogP contribution in [0.3, 0.4) is 0 Å². The molecule has 0 saturated carbocycles. The molecule has 0 aliphatic carbocycles. The molecule has 1 amide bonds. The van der Waals surface area contributed by atoms with Gasteiger partial charge in [0.1, 0.15) is 24.9 Å². The van der Waals surface area contributed by atoms with Crippen molar-refractivity contribution >= 4 is 17.8 Å². The van der Waals surface area contributed by atoms with E-state index in [1.54, 1.807) is 13.8 Å². The predicted molar refractivity (Wildman–Crippen MR) is 80.7 cm³/mol. The SMILES string of the molecule is CC(=O)NC1C(OC(C)=O)[C@H](O)C(COC(C)=O)O[C@H]1OC(C)C. The zero-order chi connectivity index (χ0) is 18.4. The maximum Gasteiger partial charge on any atom is 0.303 e. The summed E-state index contributed by atoms with van der Waals surface area (Å²) in [6.07, 6.45) is -4.62. The summed E-state index contributed by atoms with van der Waals surface area (Å²) in [4.78, 5) is 33.8. The minimum absolute atomic E-state index is 0.237. The zero-order valence-corrected chi connectivity index (χ0v) is 14.5. The van der Waals surface area contributed by atoms with E-state index in [0.29, 0.717) is 0 Å². The van der Waals surface area contributed by atoms with E-state index in [1.165, 1.54) is 20.8 Å². The summed E-state index contributed by atoms with van der Waals surface area (Å²) in [6.45, 7) is 6.99. The van der Waals surface area contributed by atoms with Crippen molar-refractivity contribution in [3.8, 4) is 0 Å². The molecule has 0 spiro atoms. The van der Waals surface area contributed by atoms with Crippen molar-refractivity contribution in [2.24, 2.45) is 0 Å². The number of aliphatic hydroxyl groups is 1. The summed E-state index contributed by atoms with van der Waals surface area (Å²) in [5, 5.41) is 13.0.